The molecule has 0 aromatic heterocycles. The van der Waals surface area contributed by atoms with E-state index in [1.54, 1.807) is 0 Å². The summed E-state index contributed by atoms with van der Waals surface area (Å²) in [4.78, 5) is 11.4. The van der Waals surface area contributed by atoms with Crippen LogP contribution < -0.4 is 5.73 Å². The second-order valence-electron chi connectivity index (χ2n) is 4.52. The van der Waals surface area contributed by atoms with Crippen molar-refractivity contribution in [1.29, 1.82) is 0 Å². The third-order valence-corrected chi connectivity index (χ3v) is 2.22. The Morgan fingerprint density at radius 1 is 1.45 bits per heavy atom. The smallest absolute Gasteiger partial charge is 0.153 e. The summed E-state index contributed by atoms with van der Waals surface area (Å²) < 4.78 is 0. The number of ketones is 1. The molecule has 2 heteroatoms. The van der Waals surface area contributed by atoms with Gasteiger partial charge in [0.05, 0.1) is 6.04 Å². The largest absolute Gasteiger partial charge is 0.321 e. The first-order valence-corrected chi connectivity index (χ1v) is 4.22. The zero-order chi connectivity index (χ0) is 8.65. The molecule has 64 valence electrons. The molecule has 0 aromatic carbocycles. The van der Waals surface area contributed by atoms with Crippen LogP contribution in [0.1, 0.15) is 33.6 Å². The zero-order valence-corrected chi connectivity index (χ0v) is 7.55. The molecule has 0 saturated heterocycles. The lowest BCUT2D eigenvalue weighted by Gasteiger charge is -2.25. The molecule has 1 aliphatic carbocycles. The first-order valence-electron chi connectivity index (χ1n) is 4.22. The highest BCUT2D eigenvalue weighted by molar-refractivity contribution is 5.88. The maximum Gasteiger partial charge on any atom is 0.153 e. The summed E-state index contributed by atoms with van der Waals surface area (Å²) in [7, 11) is 0. The van der Waals surface area contributed by atoms with Crippen LogP contribution in [0.5, 0.6) is 0 Å². The van der Waals surface area contributed by atoms with E-state index in [4.69, 9.17) is 5.73 Å². The lowest BCUT2D eigenvalue weighted by atomic mass is 9.83. The normalized spacial score (nSPS) is 21.5. The van der Waals surface area contributed by atoms with Crippen molar-refractivity contribution in [3.63, 3.8) is 0 Å². The van der Waals surface area contributed by atoms with Gasteiger partial charge in [0.15, 0.2) is 5.78 Å². The maximum absolute atomic E-state index is 11.4. The summed E-state index contributed by atoms with van der Waals surface area (Å²) in [5.74, 6) is 0.557. The van der Waals surface area contributed by atoms with Gasteiger partial charge in [-0.05, 0) is 18.3 Å². The van der Waals surface area contributed by atoms with Gasteiger partial charge in [-0.1, -0.05) is 20.8 Å². The molecule has 0 spiro atoms. The van der Waals surface area contributed by atoms with Gasteiger partial charge in [0, 0.05) is 5.92 Å². The summed E-state index contributed by atoms with van der Waals surface area (Å²) in [5.41, 5.74) is 5.72. The van der Waals surface area contributed by atoms with Gasteiger partial charge in [-0.15, -0.1) is 0 Å². The van der Waals surface area contributed by atoms with Crippen LogP contribution in [0.25, 0.3) is 0 Å². The van der Waals surface area contributed by atoms with Gasteiger partial charge in [-0.25, -0.2) is 0 Å². The van der Waals surface area contributed by atoms with Crippen LogP contribution in [-0.2, 0) is 4.79 Å². The van der Waals surface area contributed by atoms with E-state index in [2.05, 4.69) is 0 Å². The van der Waals surface area contributed by atoms with Crippen molar-refractivity contribution in [2.45, 2.75) is 39.7 Å². The molecule has 0 bridgehead atoms. The number of carbonyl (C=O) groups is 1. The highest BCUT2D eigenvalue weighted by atomic mass is 16.1. The van der Waals surface area contributed by atoms with Crippen molar-refractivity contribution in [2.75, 3.05) is 0 Å². The fraction of sp³-hybridized carbons (Fsp3) is 0.889. The Morgan fingerprint density at radius 3 is 2.18 bits per heavy atom. The van der Waals surface area contributed by atoms with E-state index in [-0.39, 0.29) is 17.2 Å². The number of carbonyl (C=O) groups excluding carboxylic acids is 1. The molecule has 0 aliphatic heterocycles. The Kier molecular flexibility index (Phi) is 2.06. The van der Waals surface area contributed by atoms with E-state index in [0.717, 1.165) is 12.8 Å². The summed E-state index contributed by atoms with van der Waals surface area (Å²) in [6.45, 7) is 6.04. The van der Waals surface area contributed by atoms with Crippen LogP contribution in [0.15, 0.2) is 0 Å². The minimum Gasteiger partial charge on any atom is -0.321 e. The summed E-state index contributed by atoms with van der Waals surface area (Å²) in [6.07, 6.45) is 2.12. The first-order chi connectivity index (χ1) is 4.93. The SMILES string of the molecule is CC(C)(C)[C@@H](N)C(=O)C1CC1. The van der Waals surface area contributed by atoms with Crippen LogP contribution >= 0.6 is 0 Å². The molecule has 1 fully saturated rings. The highest BCUT2D eigenvalue weighted by Gasteiger charge is 2.37. The summed E-state index contributed by atoms with van der Waals surface area (Å²) >= 11 is 0. The molecule has 1 rings (SSSR count). The lowest BCUT2D eigenvalue weighted by molar-refractivity contribution is -0.123. The lowest BCUT2D eigenvalue weighted by Crippen LogP contribution is -2.43. The number of rotatable bonds is 2. The number of hydrogen-bond donors (Lipinski definition) is 1. The highest BCUT2D eigenvalue weighted by Crippen LogP contribution is 2.33. The first kappa shape index (κ1) is 8.72. The molecule has 0 aromatic rings. The zero-order valence-electron chi connectivity index (χ0n) is 7.55. The predicted octanol–water partition coefficient (Wildman–Crippen LogP) is 1.34. The molecule has 1 aliphatic rings. The number of nitrogens with two attached hydrogens (primary N) is 1. The molecule has 2 N–H and O–H groups in total. The fourth-order valence-electron chi connectivity index (χ4n) is 1.05. The van der Waals surface area contributed by atoms with Crippen LogP contribution in [-0.4, -0.2) is 11.8 Å². The molecule has 2 nitrogen and oxygen atoms in total. The molecule has 0 unspecified atom stereocenters. The third kappa shape index (κ3) is 2.03. The predicted molar refractivity (Wildman–Crippen MR) is 45.2 cm³/mol. The summed E-state index contributed by atoms with van der Waals surface area (Å²) in [6, 6.07) is -0.269. The Bertz CT molecular complexity index is 165. The van der Waals surface area contributed by atoms with Gasteiger partial charge in [-0.3, -0.25) is 4.79 Å². The van der Waals surface area contributed by atoms with Crippen molar-refractivity contribution < 1.29 is 4.79 Å². The average molecular weight is 155 g/mol. The van der Waals surface area contributed by atoms with Crippen LogP contribution in [0.2, 0.25) is 0 Å². The van der Waals surface area contributed by atoms with E-state index in [1.807, 2.05) is 20.8 Å². The standard InChI is InChI=1S/C9H17NO/c1-9(2,3)8(10)7(11)6-4-5-6/h6,8H,4-5,10H2,1-3H3/t8-/m0/s1. The second kappa shape index (κ2) is 2.59. The molecule has 0 radical (unpaired) electrons. The van der Waals surface area contributed by atoms with Crippen molar-refractivity contribution in [1.82, 2.24) is 0 Å². The summed E-state index contributed by atoms with van der Waals surface area (Å²) in [5, 5.41) is 0. The molecule has 1 atom stereocenters. The number of Topliss-reactive ketones (excluding diaryl/α,β-unsaturated/α-hetero) is 1. The monoisotopic (exact) mass is 155 g/mol. The Balaban J connectivity index is 2.52. The number of hydrogen-bond acceptors (Lipinski definition) is 2. The van der Waals surface area contributed by atoms with Crippen molar-refractivity contribution in [3.8, 4) is 0 Å². The van der Waals surface area contributed by atoms with Crippen LogP contribution in [0, 0.1) is 11.3 Å². The second-order valence-corrected chi connectivity index (χ2v) is 4.52. The van der Waals surface area contributed by atoms with E-state index >= 15 is 0 Å². The van der Waals surface area contributed by atoms with E-state index in [9.17, 15) is 4.79 Å². The van der Waals surface area contributed by atoms with Crippen molar-refractivity contribution in [2.24, 2.45) is 17.1 Å². The van der Waals surface area contributed by atoms with Gasteiger partial charge < -0.3 is 5.73 Å². The van der Waals surface area contributed by atoms with Crippen molar-refractivity contribution >= 4 is 5.78 Å². The molecule has 1 saturated carbocycles. The minimum atomic E-state index is -0.269. The van der Waals surface area contributed by atoms with E-state index in [0.29, 0.717) is 5.92 Å². The Labute approximate surface area is 68.2 Å². The molecule has 0 amide bonds. The fourth-order valence-corrected chi connectivity index (χ4v) is 1.05. The average Bonchev–Trinajstić information content (AvgIpc) is 2.63. The molecular formula is C9H17NO. The van der Waals surface area contributed by atoms with Gasteiger partial charge in [0.1, 0.15) is 0 Å². The third-order valence-electron chi connectivity index (χ3n) is 2.22. The van der Waals surface area contributed by atoms with Gasteiger partial charge >= 0.3 is 0 Å². The van der Waals surface area contributed by atoms with E-state index < -0.39 is 0 Å². The maximum atomic E-state index is 11.4. The quantitative estimate of drug-likeness (QED) is 0.654. The van der Waals surface area contributed by atoms with Gasteiger partial charge in [0.2, 0.25) is 0 Å². The molecule has 0 heterocycles. The van der Waals surface area contributed by atoms with E-state index in [1.165, 1.54) is 0 Å². The van der Waals surface area contributed by atoms with Crippen LogP contribution in [0.4, 0.5) is 0 Å². The van der Waals surface area contributed by atoms with Crippen molar-refractivity contribution in [3.05, 3.63) is 0 Å². The Hall–Kier alpha value is -0.370. The molecule has 11 heavy (non-hydrogen) atoms. The van der Waals surface area contributed by atoms with Gasteiger partial charge in [-0.2, -0.15) is 0 Å². The Morgan fingerprint density at radius 2 is 1.91 bits per heavy atom. The van der Waals surface area contributed by atoms with Crippen LogP contribution in [0.3, 0.4) is 0 Å². The molecular weight excluding hydrogens is 138 g/mol. The van der Waals surface area contributed by atoms with Gasteiger partial charge in [0.25, 0.3) is 0 Å². The topological polar surface area (TPSA) is 43.1 Å². The minimum absolute atomic E-state index is 0.0698.